The van der Waals surface area contributed by atoms with Gasteiger partial charge in [-0.1, -0.05) is 11.6 Å². The third kappa shape index (κ3) is 2.94. The van der Waals surface area contributed by atoms with E-state index in [-0.39, 0.29) is 12.1 Å². The summed E-state index contributed by atoms with van der Waals surface area (Å²) in [5.74, 6) is 0. The molecule has 1 saturated heterocycles. The molecule has 2 atom stereocenters. The van der Waals surface area contributed by atoms with Crippen LogP contribution in [0.2, 0.25) is 5.02 Å². The Morgan fingerprint density at radius 3 is 2.68 bits per heavy atom. The first kappa shape index (κ1) is 14.8. The number of nitrogens with zero attached hydrogens (tertiary/aromatic N) is 1. The van der Waals surface area contributed by atoms with Crippen molar-refractivity contribution in [1.29, 1.82) is 0 Å². The van der Waals surface area contributed by atoms with Crippen LogP contribution < -0.4 is 5.73 Å². The maximum Gasteiger partial charge on any atom is 0.243 e. The van der Waals surface area contributed by atoms with Crippen molar-refractivity contribution in [3.8, 4) is 0 Å². The molecule has 2 N–H and O–H groups in total. The van der Waals surface area contributed by atoms with Crippen molar-refractivity contribution in [1.82, 2.24) is 4.31 Å². The smallest absolute Gasteiger partial charge is 0.243 e. The minimum absolute atomic E-state index is 0.0659. The van der Waals surface area contributed by atoms with Crippen LogP contribution in [0.4, 0.5) is 0 Å². The van der Waals surface area contributed by atoms with Crippen molar-refractivity contribution >= 4 is 21.6 Å². The topological polar surface area (TPSA) is 63.4 Å². The van der Waals surface area contributed by atoms with Gasteiger partial charge in [0, 0.05) is 23.7 Å². The van der Waals surface area contributed by atoms with Crippen molar-refractivity contribution < 1.29 is 8.42 Å². The van der Waals surface area contributed by atoms with Crippen LogP contribution in [-0.4, -0.2) is 31.4 Å². The molecule has 0 unspecified atom stereocenters. The van der Waals surface area contributed by atoms with Crippen molar-refractivity contribution in [3.63, 3.8) is 0 Å². The Morgan fingerprint density at radius 2 is 2.11 bits per heavy atom. The van der Waals surface area contributed by atoms with Crippen LogP contribution in [0.25, 0.3) is 0 Å². The Hall–Kier alpha value is -0.620. The lowest BCUT2D eigenvalue weighted by Crippen LogP contribution is -2.48. The van der Waals surface area contributed by atoms with Crippen molar-refractivity contribution in [3.05, 3.63) is 28.8 Å². The second kappa shape index (κ2) is 5.40. The van der Waals surface area contributed by atoms with Crippen molar-refractivity contribution in [2.24, 2.45) is 5.73 Å². The molecule has 106 valence electrons. The molecule has 1 aromatic rings. The zero-order chi connectivity index (χ0) is 14.2. The summed E-state index contributed by atoms with van der Waals surface area (Å²) in [5, 5.41) is 0.546. The number of hydrogen-bond donors (Lipinski definition) is 1. The van der Waals surface area contributed by atoms with E-state index in [4.69, 9.17) is 17.3 Å². The maximum atomic E-state index is 12.7. The fraction of sp³-hybridized carbons (Fsp3) is 0.538. The molecular weight excluding hydrogens is 284 g/mol. The number of aryl methyl sites for hydroxylation is 1. The van der Waals surface area contributed by atoms with E-state index in [0.717, 1.165) is 0 Å². The monoisotopic (exact) mass is 302 g/mol. The minimum Gasteiger partial charge on any atom is -0.328 e. The number of rotatable bonds is 2. The zero-order valence-corrected chi connectivity index (χ0v) is 12.7. The molecule has 1 fully saturated rings. The quantitative estimate of drug-likeness (QED) is 0.910. The van der Waals surface area contributed by atoms with Crippen LogP contribution in [0, 0.1) is 6.92 Å². The molecule has 0 bridgehead atoms. The standard InChI is InChI=1S/C13H19ClN2O2S/c1-9-7-11(14)3-4-13(9)19(17,18)16-6-5-12(15)8-10(16)2/h3-4,7,10,12H,5-6,8,15H2,1-2H3/t10-,12-/m0/s1. The van der Waals surface area contributed by atoms with E-state index in [1.807, 2.05) is 6.92 Å². The van der Waals surface area contributed by atoms with Crippen molar-refractivity contribution in [2.45, 2.75) is 43.7 Å². The van der Waals surface area contributed by atoms with E-state index < -0.39 is 10.0 Å². The Balaban J connectivity index is 2.37. The Labute approximate surface area is 119 Å². The summed E-state index contributed by atoms with van der Waals surface area (Å²) < 4.78 is 26.9. The molecule has 0 aromatic heterocycles. The number of piperidine rings is 1. The highest BCUT2D eigenvalue weighted by atomic mass is 35.5. The van der Waals surface area contributed by atoms with Gasteiger partial charge in [0.1, 0.15) is 0 Å². The first-order chi connectivity index (χ1) is 8.82. The molecular formula is C13H19ClN2O2S. The highest BCUT2D eigenvalue weighted by Crippen LogP contribution is 2.27. The summed E-state index contributed by atoms with van der Waals surface area (Å²) in [6.07, 6.45) is 1.40. The second-order valence-corrected chi connectivity index (χ2v) is 7.45. The molecule has 1 aliphatic rings. The fourth-order valence-corrected chi connectivity index (χ4v) is 4.66. The number of nitrogens with two attached hydrogens (primary N) is 1. The molecule has 4 nitrogen and oxygen atoms in total. The normalized spacial score (nSPS) is 25.5. The van der Waals surface area contributed by atoms with Gasteiger partial charge in [-0.05, 0) is 50.5 Å². The molecule has 1 aromatic carbocycles. The third-order valence-electron chi connectivity index (χ3n) is 3.58. The van der Waals surface area contributed by atoms with Crippen LogP contribution in [0.15, 0.2) is 23.1 Å². The SMILES string of the molecule is Cc1cc(Cl)ccc1S(=O)(=O)N1CC[C@H](N)C[C@@H]1C. The second-order valence-electron chi connectivity index (χ2n) is 5.16. The molecule has 0 radical (unpaired) electrons. The third-order valence-corrected chi connectivity index (χ3v) is 5.99. The first-order valence-electron chi connectivity index (χ1n) is 6.36. The lowest BCUT2D eigenvalue weighted by atomic mass is 10.0. The number of benzene rings is 1. The number of sulfonamides is 1. The largest absolute Gasteiger partial charge is 0.328 e. The maximum absolute atomic E-state index is 12.7. The molecule has 0 spiro atoms. The average Bonchev–Trinajstić information content (AvgIpc) is 2.27. The zero-order valence-electron chi connectivity index (χ0n) is 11.1. The van der Waals surface area contributed by atoms with Gasteiger partial charge in [-0.15, -0.1) is 0 Å². The van der Waals surface area contributed by atoms with Crippen molar-refractivity contribution in [2.75, 3.05) is 6.54 Å². The van der Waals surface area contributed by atoms with E-state index in [1.165, 1.54) is 0 Å². The summed E-state index contributed by atoms with van der Waals surface area (Å²) in [6.45, 7) is 4.15. The van der Waals surface area contributed by atoms with E-state index in [9.17, 15) is 8.42 Å². The van der Waals surface area contributed by atoms with E-state index in [2.05, 4.69) is 0 Å². The molecule has 2 rings (SSSR count). The molecule has 1 heterocycles. The van der Waals surface area contributed by atoms with Gasteiger partial charge in [0.2, 0.25) is 10.0 Å². The molecule has 6 heteroatoms. The highest BCUT2D eigenvalue weighted by molar-refractivity contribution is 7.89. The van der Waals surface area contributed by atoms with Crippen LogP contribution >= 0.6 is 11.6 Å². The van der Waals surface area contributed by atoms with Crippen LogP contribution in [0.1, 0.15) is 25.3 Å². The lowest BCUT2D eigenvalue weighted by Gasteiger charge is -2.35. The van der Waals surface area contributed by atoms with Crippen LogP contribution in [-0.2, 0) is 10.0 Å². The highest BCUT2D eigenvalue weighted by Gasteiger charge is 2.34. The summed E-state index contributed by atoms with van der Waals surface area (Å²) in [7, 11) is -3.46. The average molecular weight is 303 g/mol. The molecule has 0 amide bonds. The number of halogens is 1. The van der Waals surface area contributed by atoms with E-state index >= 15 is 0 Å². The molecule has 0 aliphatic carbocycles. The molecule has 0 saturated carbocycles. The molecule has 1 aliphatic heterocycles. The van der Waals surface area contributed by atoms with Gasteiger partial charge in [-0.3, -0.25) is 0 Å². The summed E-state index contributed by atoms with van der Waals surface area (Å²) in [6, 6.07) is 4.89. The fourth-order valence-electron chi connectivity index (χ4n) is 2.57. The van der Waals surface area contributed by atoms with Gasteiger partial charge in [-0.25, -0.2) is 8.42 Å². The van der Waals surface area contributed by atoms with Crippen LogP contribution in [0.3, 0.4) is 0 Å². The first-order valence-corrected chi connectivity index (χ1v) is 8.17. The summed E-state index contributed by atoms with van der Waals surface area (Å²) in [4.78, 5) is 0.333. The van der Waals surface area contributed by atoms with Crippen LogP contribution in [0.5, 0.6) is 0 Å². The molecule has 19 heavy (non-hydrogen) atoms. The Kier molecular flexibility index (Phi) is 4.20. The van der Waals surface area contributed by atoms with Gasteiger partial charge in [0.05, 0.1) is 4.90 Å². The minimum atomic E-state index is -3.46. The van der Waals surface area contributed by atoms with Gasteiger partial charge >= 0.3 is 0 Å². The predicted molar refractivity (Wildman–Crippen MR) is 76.8 cm³/mol. The number of hydrogen-bond acceptors (Lipinski definition) is 3. The van der Waals surface area contributed by atoms with Gasteiger partial charge in [-0.2, -0.15) is 4.31 Å². The van der Waals surface area contributed by atoms with Gasteiger partial charge < -0.3 is 5.73 Å². The van der Waals surface area contributed by atoms with E-state index in [0.29, 0.717) is 34.9 Å². The predicted octanol–water partition coefficient (Wildman–Crippen LogP) is 2.15. The summed E-state index contributed by atoms with van der Waals surface area (Å²) >= 11 is 5.88. The lowest BCUT2D eigenvalue weighted by molar-refractivity contribution is 0.247. The Morgan fingerprint density at radius 1 is 1.42 bits per heavy atom. The van der Waals surface area contributed by atoms with E-state index in [1.54, 1.807) is 29.4 Å². The Bertz CT molecular complexity index is 574. The van der Waals surface area contributed by atoms with Gasteiger partial charge in [0.15, 0.2) is 0 Å². The summed E-state index contributed by atoms with van der Waals surface area (Å²) in [5.41, 5.74) is 6.56. The van der Waals surface area contributed by atoms with Gasteiger partial charge in [0.25, 0.3) is 0 Å².